The van der Waals surface area contributed by atoms with E-state index in [1.165, 1.54) is 12.4 Å². The summed E-state index contributed by atoms with van der Waals surface area (Å²) in [6.07, 6.45) is 4.41. The Hall–Kier alpha value is -2.57. The molecule has 0 saturated heterocycles. The van der Waals surface area contributed by atoms with Gasteiger partial charge in [-0.25, -0.2) is 18.7 Å². The zero-order valence-electron chi connectivity index (χ0n) is 11.6. The average molecular weight is 304 g/mol. The van der Waals surface area contributed by atoms with Crippen LogP contribution in [-0.2, 0) is 0 Å². The molecular weight excluding hydrogens is 290 g/mol. The molecule has 1 fully saturated rings. The number of nitrogens with one attached hydrogen (secondary N) is 1. The van der Waals surface area contributed by atoms with Gasteiger partial charge >= 0.3 is 0 Å². The lowest BCUT2D eigenvalue weighted by molar-refractivity contribution is 0.0926. The maximum Gasteiger partial charge on any atom is 0.274 e. The third kappa shape index (κ3) is 2.88. The first-order valence-corrected chi connectivity index (χ1v) is 6.88. The van der Waals surface area contributed by atoms with E-state index < -0.39 is 23.6 Å². The minimum absolute atomic E-state index is 0.00531. The highest BCUT2D eigenvalue weighted by Crippen LogP contribution is 2.42. The average Bonchev–Trinajstić information content (AvgIpc) is 3.32. The van der Waals surface area contributed by atoms with Gasteiger partial charge in [0.1, 0.15) is 11.6 Å². The zero-order valence-corrected chi connectivity index (χ0v) is 11.6. The Bertz CT molecular complexity index is 718. The van der Waals surface area contributed by atoms with Crippen molar-refractivity contribution in [3.05, 3.63) is 53.5 Å². The molecule has 5 nitrogen and oxygen atoms in total. The van der Waals surface area contributed by atoms with Crippen molar-refractivity contribution >= 4 is 11.7 Å². The Kier molecular flexibility index (Phi) is 3.70. The predicted molar refractivity (Wildman–Crippen MR) is 75.7 cm³/mol. The Labute approximate surface area is 125 Å². The van der Waals surface area contributed by atoms with E-state index in [-0.39, 0.29) is 23.0 Å². The maximum absolute atomic E-state index is 14.0. The predicted octanol–water partition coefficient (Wildman–Crippen LogP) is 2.22. The van der Waals surface area contributed by atoms with E-state index in [1.807, 2.05) is 0 Å². The van der Waals surface area contributed by atoms with Crippen molar-refractivity contribution in [2.45, 2.75) is 18.9 Å². The lowest BCUT2D eigenvalue weighted by Gasteiger charge is -2.19. The molecule has 1 aliphatic rings. The molecule has 1 aliphatic carbocycles. The summed E-state index contributed by atoms with van der Waals surface area (Å²) in [4.78, 5) is 19.9. The number of rotatable bonds is 4. The SMILES string of the molecule is Nc1nccnc1C(=O)N[C@H](c1cc(F)ccc1F)C1CC1. The Morgan fingerprint density at radius 1 is 1.27 bits per heavy atom. The highest BCUT2D eigenvalue weighted by Gasteiger charge is 2.35. The van der Waals surface area contributed by atoms with Crippen LogP contribution in [0.4, 0.5) is 14.6 Å². The van der Waals surface area contributed by atoms with Gasteiger partial charge in [-0.15, -0.1) is 0 Å². The van der Waals surface area contributed by atoms with Gasteiger partial charge in [-0.05, 0) is 37.0 Å². The Morgan fingerprint density at radius 2 is 2.00 bits per heavy atom. The molecule has 1 atom stereocenters. The molecule has 114 valence electrons. The number of hydrogen-bond acceptors (Lipinski definition) is 4. The van der Waals surface area contributed by atoms with Gasteiger partial charge in [0.2, 0.25) is 0 Å². The Balaban J connectivity index is 1.88. The summed E-state index contributed by atoms with van der Waals surface area (Å²) in [6, 6.07) is 2.61. The number of aromatic nitrogens is 2. The van der Waals surface area contributed by atoms with Crippen LogP contribution in [0.25, 0.3) is 0 Å². The molecule has 3 N–H and O–H groups in total. The lowest BCUT2D eigenvalue weighted by atomic mass is 10.0. The number of amides is 1. The van der Waals surface area contributed by atoms with Crippen LogP contribution in [0.5, 0.6) is 0 Å². The van der Waals surface area contributed by atoms with Gasteiger partial charge in [0.05, 0.1) is 6.04 Å². The van der Waals surface area contributed by atoms with Crippen molar-refractivity contribution in [2.75, 3.05) is 5.73 Å². The van der Waals surface area contributed by atoms with E-state index in [0.717, 1.165) is 31.0 Å². The van der Waals surface area contributed by atoms with Gasteiger partial charge in [0.15, 0.2) is 11.5 Å². The summed E-state index contributed by atoms with van der Waals surface area (Å²) in [7, 11) is 0. The van der Waals surface area contributed by atoms with Crippen LogP contribution in [-0.4, -0.2) is 15.9 Å². The van der Waals surface area contributed by atoms with Gasteiger partial charge in [-0.1, -0.05) is 0 Å². The van der Waals surface area contributed by atoms with Gasteiger partial charge in [0.25, 0.3) is 5.91 Å². The van der Waals surface area contributed by atoms with Crippen molar-refractivity contribution < 1.29 is 13.6 Å². The number of halogens is 2. The summed E-state index contributed by atoms with van der Waals surface area (Å²) >= 11 is 0. The molecule has 0 aliphatic heterocycles. The molecule has 0 bridgehead atoms. The van der Waals surface area contributed by atoms with Crippen molar-refractivity contribution in [1.82, 2.24) is 15.3 Å². The number of anilines is 1. The van der Waals surface area contributed by atoms with E-state index in [0.29, 0.717) is 0 Å². The fraction of sp³-hybridized carbons (Fsp3) is 0.267. The van der Waals surface area contributed by atoms with Crippen LogP contribution in [0.2, 0.25) is 0 Å². The number of nitrogens with two attached hydrogens (primary N) is 1. The smallest absolute Gasteiger partial charge is 0.274 e. The molecule has 3 rings (SSSR count). The number of benzene rings is 1. The van der Waals surface area contributed by atoms with E-state index in [4.69, 9.17) is 5.73 Å². The number of carbonyl (C=O) groups excluding carboxylic acids is 1. The molecular formula is C15H14F2N4O. The summed E-state index contributed by atoms with van der Waals surface area (Å²) in [5, 5.41) is 2.69. The fourth-order valence-corrected chi connectivity index (χ4v) is 2.37. The minimum atomic E-state index is -0.607. The van der Waals surface area contributed by atoms with Gasteiger partial charge < -0.3 is 11.1 Å². The first-order valence-electron chi connectivity index (χ1n) is 6.88. The monoisotopic (exact) mass is 304 g/mol. The molecule has 1 amide bonds. The van der Waals surface area contributed by atoms with Crippen LogP contribution in [0.3, 0.4) is 0 Å². The highest BCUT2D eigenvalue weighted by molar-refractivity contribution is 5.96. The third-order valence-corrected chi connectivity index (χ3v) is 3.61. The lowest BCUT2D eigenvalue weighted by Crippen LogP contribution is -2.32. The van der Waals surface area contributed by atoms with E-state index in [2.05, 4.69) is 15.3 Å². The topological polar surface area (TPSA) is 80.9 Å². The molecule has 7 heteroatoms. The molecule has 1 heterocycles. The second-order valence-electron chi connectivity index (χ2n) is 5.24. The molecule has 1 aromatic carbocycles. The van der Waals surface area contributed by atoms with Gasteiger partial charge in [0, 0.05) is 18.0 Å². The van der Waals surface area contributed by atoms with E-state index >= 15 is 0 Å². The molecule has 0 radical (unpaired) electrons. The van der Waals surface area contributed by atoms with Crippen molar-refractivity contribution in [1.29, 1.82) is 0 Å². The Morgan fingerprint density at radius 3 is 2.68 bits per heavy atom. The molecule has 1 saturated carbocycles. The van der Waals surface area contributed by atoms with Crippen LogP contribution in [0.15, 0.2) is 30.6 Å². The van der Waals surface area contributed by atoms with Crippen molar-refractivity contribution in [2.24, 2.45) is 5.92 Å². The molecule has 0 unspecified atom stereocenters. The maximum atomic E-state index is 14.0. The first kappa shape index (κ1) is 14.4. The zero-order chi connectivity index (χ0) is 15.7. The molecule has 22 heavy (non-hydrogen) atoms. The first-order chi connectivity index (χ1) is 10.6. The summed E-state index contributed by atoms with van der Waals surface area (Å²) < 4.78 is 27.4. The number of hydrogen-bond donors (Lipinski definition) is 2. The second kappa shape index (κ2) is 5.67. The number of carbonyl (C=O) groups is 1. The normalized spacial score (nSPS) is 15.4. The van der Waals surface area contributed by atoms with Crippen LogP contribution in [0, 0.1) is 17.6 Å². The summed E-state index contributed by atoms with van der Waals surface area (Å²) in [6.45, 7) is 0. The number of nitrogen functional groups attached to an aromatic ring is 1. The van der Waals surface area contributed by atoms with Gasteiger partial charge in [-0.3, -0.25) is 4.79 Å². The molecule has 1 aromatic heterocycles. The fourth-order valence-electron chi connectivity index (χ4n) is 2.37. The summed E-state index contributed by atoms with van der Waals surface area (Å²) in [5.74, 6) is -1.57. The molecule has 0 spiro atoms. The van der Waals surface area contributed by atoms with E-state index in [9.17, 15) is 13.6 Å². The third-order valence-electron chi connectivity index (χ3n) is 3.61. The summed E-state index contributed by atoms with van der Waals surface area (Å²) in [5.41, 5.74) is 5.73. The van der Waals surface area contributed by atoms with Gasteiger partial charge in [-0.2, -0.15) is 0 Å². The van der Waals surface area contributed by atoms with Crippen molar-refractivity contribution in [3.8, 4) is 0 Å². The second-order valence-corrected chi connectivity index (χ2v) is 5.24. The van der Waals surface area contributed by atoms with Crippen LogP contribution >= 0.6 is 0 Å². The largest absolute Gasteiger partial charge is 0.382 e. The number of nitrogens with zero attached hydrogens (tertiary/aromatic N) is 2. The standard InChI is InChI=1S/C15H14F2N4O/c16-9-3-4-11(17)10(7-9)12(8-1-2-8)21-15(22)13-14(18)20-6-5-19-13/h3-8,12H,1-2H2,(H2,18,20)(H,21,22)/t12-/m0/s1. The van der Waals surface area contributed by atoms with Crippen LogP contribution in [0.1, 0.15) is 34.9 Å². The molecule has 2 aromatic rings. The highest BCUT2D eigenvalue weighted by atomic mass is 19.1. The quantitative estimate of drug-likeness (QED) is 0.907. The van der Waals surface area contributed by atoms with Crippen LogP contribution < -0.4 is 11.1 Å². The van der Waals surface area contributed by atoms with E-state index in [1.54, 1.807) is 0 Å². The minimum Gasteiger partial charge on any atom is -0.382 e. The van der Waals surface area contributed by atoms with Crippen molar-refractivity contribution in [3.63, 3.8) is 0 Å².